The maximum Gasteiger partial charge on any atom is 0.269 e. The fourth-order valence-electron chi connectivity index (χ4n) is 3.37. The summed E-state index contributed by atoms with van der Waals surface area (Å²) in [6.07, 6.45) is 0. The quantitative estimate of drug-likeness (QED) is 0.164. The van der Waals surface area contributed by atoms with Crippen molar-refractivity contribution >= 4 is 40.6 Å². The summed E-state index contributed by atoms with van der Waals surface area (Å²) in [4.78, 5) is 36.7. The first-order chi connectivity index (χ1) is 17.4. The van der Waals surface area contributed by atoms with Gasteiger partial charge in [-0.15, -0.1) is 11.8 Å². The van der Waals surface area contributed by atoms with Gasteiger partial charge in [0.15, 0.2) is 0 Å². The summed E-state index contributed by atoms with van der Waals surface area (Å²) in [7, 11) is 0. The highest BCUT2D eigenvalue weighted by Gasteiger charge is 2.22. The molecule has 0 aliphatic carbocycles. The number of hydrogen-bond donors (Lipinski definition) is 2. The molecule has 0 aliphatic heterocycles. The Kier molecular flexibility index (Phi) is 7.72. The molecule has 0 aliphatic rings. The molecule has 4 rings (SSSR count). The standard InChI is InChI=1S/C27H20FN3O4S/c28-24-9-5-4-8-23(24)26(32)29-20-12-16-22(17-13-20)36-25(18-6-2-1-3-7-18)27(33)30-19-10-14-21(15-11-19)31(34)35/h1-17,25H,(H,29,32)(H,30,33). The molecule has 2 amide bonds. The Bertz CT molecular complexity index is 1380. The van der Waals surface area contributed by atoms with Crippen LogP contribution in [0.25, 0.3) is 0 Å². The van der Waals surface area contributed by atoms with Gasteiger partial charge in [-0.1, -0.05) is 42.5 Å². The third kappa shape index (κ3) is 6.13. The molecule has 9 heteroatoms. The number of rotatable bonds is 8. The van der Waals surface area contributed by atoms with Crippen molar-refractivity contribution < 1.29 is 18.9 Å². The van der Waals surface area contributed by atoms with E-state index in [-0.39, 0.29) is 17.2 Å². The Balaban J connectivity index is 1.48. The van der Waals surface area contributed by atoms with E-state index >= 15 is 0 Å². The Morgan fingerprint density at radius 1 is 0.778 bits per heavy atom. The van der Waals surface area contributed by atoms with Crippen LogP contribution < -0.4 is 10.6 Å². The van der Waals surface area contributed by atoms with Crippen LogP contribution in [0.15, 0.2) is 108 Å². The highest BCUT2D eigenvalue weighted by atomic mass is 32.2. The molecule has 0 radical (unpaired) electrons. The fourth-order valence-corrected chi connectivity index (χ4v) is 4.40. The lowest BCUT2D eigenvalue weighted by Crippen LogP contribution is -2.19. The molecule has 1 unspecified atom stereocenters. The number of nitrogens with zero attached hydrogens (tertiary/aromatic N) is 1. The first kappa shape index (κ1) is 24.6. The largest absolute Gasteiger partial charge is 0.325 e. The summed E-state index contributed by atoms with van der Waals surface area (Å²) >= 11 is 1.31. The third-order valence-corrected chi connectivity index (χ3v) is 6.44. The average Bonchev–Trinajstić information content (AvgIpc) is 2.89. The molecule has 36 heavy (non-hydrogen) atoms. The summed E-state index contributed by atoms with van der Waals surface area (Å²) in [5, 5.41) is 15.7. The van der Waals surface area contributed by atoms with E-state index in [0.717, 1.165) is 10.5 Å². The number of non-ortho nitro benzene ring substituents is 1. The summed E-state index contributed by atoms with van der Waals surface area (Å²) < 4.78 is 13.9. The van der Waals surface area contributed by atoms with Crippen molar-refractivity contribution in [2.75, 3.05) is 10.6 Å². The molecule has 0 fully saturated rings. The van der Waals surface area contributed by atoms with Gasteiger partial charge in [-0.2, -0.15) is 0 Å². The minimum atomic E-state index is -0.611. The van der Waals surface area contributed by atoms with E-state index in [1.54, 1.807) is 30.3 Å². The molecular weight excluding hydrogens is 481 g/mol. The van der Waals surface area contributed by atoms with Crippen LogP contribution in [0.3, 0.4) is 0 Å². The zero-order valence-electron chi connectivity index (χ0n) is 18.8. The second-order valence-corrected chi connectivity index (χ2v) is 8.84. The van der Waals surface area contributed by atoms with E-state index < -0.39 is 21.9 Å². The number of nitro benzene ring substituents is 1. The summed E-state index contributed by atoms with van der Waals surface area (Å²) in [6.45, 7) is 0. The molecule has 4 aromatic rings. The van der Waals surface area contributed by atoms with Crippen LogP contribution in [0.2, 0.25) is 0 Å². The van der Waals surface area contributed by atoms with Gasteiger partial charge in [0.2, 0.25) is 5.91 Å². The molecule has 4 aromatic carbocycles. The first-order valence-electron chi connectivity index (χ1n) is 10.8. The third-order valence-electron chi connectivity index (χ3n) is 5.17. The van der Waals surface area contributed by atoms with E-state index in [0.29, 0.717) is 11.4 Å². The highest BCUT2D eigenvalue weighted by Crippen LogP contribution is 2.37. The van der Waals surface area contributed by atoms with Crippen LogP contribution in [-0.2, 0) is 4.79 Å². The van der Waals surface area contributed by atoms with Gasteiger partial charge in [0.25, 0.3) is 11.6 Å². The number of benzene rings is 4. The second kappa shape index (κ2) is 11.3. The maximum atomic E-state index is 13.9. The highest BCUT2D eigenvalue weighted by molar-refractivity contribution is 8.00. The number of carbonyl (C=O) groups is 2. The van der Waals surface area contributed by atoms with Gasteiger partial charge in [0.05, 0.1) is 10.5 Å². The van der Waals surface area contributed by atoms with Gasteiger partial charge >= 0.3 is 0 Å². The average molecular weight is 502 g/mol. The lowest BCUT2D eigenvalue weighted by atomic mass is 10.1. The molecule has 0 saturated carbocycles. The minimum Gasteiger partial charge on any atom is -0.325 e. The van der Waals surface area contributed by atoms with Crippen molar-refractivity contribution in [1.82, 2.24) is 0 Å². The van der Waals surface area contributed by atoms with Crippen LogP contribution in [-0.4, -0.2) is 16.7 Å². The zero-order chi connectivity index (χ0) is 25.5. The predicted octanol–water partition coefficient (Wildman–Crippen LogP) is 6.46. The van der Waals surface area contributed by atoms with E-state index in [9.17, 15) is 24.1 Å². The van der Waals surface area contributed by atoms with Gasteiger partial charge in [0, 0.05) is 28.4 Å². The van der Waals surface area contributed by atoms with E-state index in [1.807, 2.05) is 30.3 Å². The minimum absolute atomic E-state index is 0.0528. The molecule has 0 heterocycles. The number of thioether (sulfide) groups is 1. The number of hydrogen-bond acceptors (Lipinski definition) is 5. The molecule has 1 atom stereocenters. The summed E-state index contributed by atoms with van der Waals surface area (Å²) in [5.74, 6) is -1.46. The SMILES string of the molecule is O=C(Nc1ccc(SC(C(=O)Nc2ccc([N+](=O)[O-])cc2)c2ccccc2)cc1)c1ccccc1F. The summed E-state index contributed by atoms with van der Waals surface area (Å²) in [5.41, 5.74) is 1.59. The van der Waals surface area contributed by atoms with Crippen LogP contribution in [0.4, 0.5) is 21.5 Å². The summed E-state index contributed by atoms with van der Waals surface area (Å²) in [6, 6.07) is 27.4. The molecule has 180 valence electrons. The zero-order valence-corrected chi connectivity index (χ0v) is 19.6. The topological polar surface area (TPSA) is 101 Å². The van der Waals surface area contributed by atoms with Crippen molar-refractivity contribution in [3.05, 3.63) is 130 Å². The number of carbonyl (C=O) groups excluding carboxylic acids is 2. The monoisotopic (exact) mass is 501 g/mol. The van der Waals surface area contributed by atoms with Crippen molar-refractivity contribution in [2.24, 2.45) is 0 Å². The van der Waals surface area contributed by atoms with E-state index in [2.05, 4.69) is 10.6 Å². The van der Waals surface area contributed by atoms with Gasteiger partial charge in [0.1, 0.15) is 11.1 Å². The second-order valence-electron chi connectivity index (χ2n) is 7.66. The Labute approximate surface area is 210 Å². The number of anilines is 2. The molecular formula is C27H20FN3O4S. The lowest BCUT2D eigenvalue weighted by molar-refractivity contribution is -0.384. The maximum absolute atomic E-state index is 13.9. The normalized spacial score (nSPS) is 11.4. The van der Waals surface area contributed by atoms with Gasteiger partial charge in [-0.25, -0.2) is 4.39 Å². The lowest BCUT2D eigenvalue weighted by Gasteiger charge is -2.17. The van der Waals surface area contributed by atoms with Gasteiger partial charge < -0.3 is 10.6 Å². The van der Waals surface area contributed by atoms with Crippen LogP contribution in [0, 0.1) is 15.9 Å². The van der Waals surface area contributed by atoms with Crippen LogP contribution in [0.1, 0.15) is 21.2 Å². The number of nitro groups is 1. The predicted molar refractivity (Wildman–Crippen MR) is 138 cm³/mol. The molecule has 7 nitrogen and oxygen atoms in total. The molecule has 0 aromatic heterocycles. The molecule has 2 N–H and O–H groups in total. The van der Waals surface area contributed by atoms with Gasteiger partial charge in [-0.3, -0.25) is 19.7 Å². The number of halogens is 1. The van der Waals surface area contributed by atoms with Gasteiger partial charge in [-0.05, 0) is 54.1 Å². The van der Waals surface area contributed by atoms with Crippen molar-refractivity contribution in [3.8, 4) is 0 Å². The fraction of sp³-hybridized carbons (Fsp3) is 0.0370. The van der Waals surface area contributed by atoms with E-state index in [4.69, 9.17) is 0 Å². The first-order valence-corrected chi connectivity index (χ1v) is 11.7. The van der Waals surface area contributed by atoms with Crippen molar-refractivity contribution in [1.29, 1.82) is 0 Å². The Morgan fingerprint density at radius 3 is 2.00 bits per heavy atom. The van der Waals surface area contributed by atoms with Crippen LogP contribution in [0.5, 0.6) is 0 Å². The smallest absolute Gasteiger partial charge is 0.269 e. The number of nitrogens with one attached hydrogen (secondary N) is 2. The van der Waals surface area contributed by atoms with Crippen molar-refractivity contribution in [2.45, 2.75) is 10.1 Å². The van der Waals surface area contributed by atoms with Crippen LogP contribution >= 0.6 is 11.8 Å². The molecule has 0 bridgehead atoms. The molecule has 0 saturated heterocycles. The molecule has 0 spiro atoms. The Morgan fingerprint density at radius 2 is 1.36 bits per heavy atom. The Hall–Kier alpha value is -4.50. The van der Waals surface area contributed by atoms with Crippen molar-refractivity contribution in [3.63, 3.8) is 0 Å². The number of amides is 2. The van der Waals surface area contributed by atoms with E-state index in [1.165, 1.54) is 54.2 Å².